The molecule has 1 aliphatic rings. The Bertz CT molecular complexity index is 453. The maximum atomic E-state index is 13.4. The van der Waals surface area contributed by atoms with Crippen LogP contribution >= 0.6 is 11.6 Å². The number of halogens is 3. The van der Waals surface area contributed by atoms with Crippen molar-refractivity contribution in [3.05, 3.63) is 35.4 Å². The molecule has 18 heavy (non-hydrogen) atoms. The standard InChI is InChI=1S/C13H14ClF2NO/c14-10-5-1-3-8(10)7-17-13(18)9-4-2-6-11(15)12(9)16/h2,4,6,8,10H,1,3,5,7H2,(H,17,18). The van der Waals surface area contributed by atoms with Crippen LogP contribution in [0.15, 0.2) is 18.2 Å². The summed E-state index contributed by atoms with van der Waals surface area (Å²) in [6, 6.07) is 3.56. The van der Waals surface area contributed by atoms with Gasteiger partial charge in [0.2, 0.25) is 0 Å². The molecule has 2 nitrogen and oxygen atoms in total. The first kappa shape index (κ1) is 13.3. The lowest BCUT2D eigenvalue weighted by Gasteiger charge is -2.14. The minimum absolute atomic E-state index is 0.0580. The van der Waals surface area contributed by atoms with Crippen molar-refractivity contribution in [2.75, 3.05) is 6.54 Å². The molecular weight excluding hydrogens is 260 g/mol. The van der Waals surface area contributed by atoms with Gasteiger partial charge in [0.25, 0.3) is 5.91 Å². The molecule has 1 aromatic rings. The van der Waals surface area contributed by atoms with Gasteiger partial charge < -0.3 is 5.32 Å². The molecule has 1 fully saturated rings. The fourth-order valence-electron chi connectivity index (χ4n) is 2.22. The summed E-state index contributed by atoms with van der Waals surface area (Å²) >= 11 is 6.08. The lowest BCUT2D eigenvalue weighted by atomic mass is 10.1. The van der Waals surface area contributed by atoms with E-state index in [4.69, 9.17) is 11.6 Å². The molecule has 0 spiro atoms. The molecule has 98 valence electrons. The van der Waals surface area contributed by atoms with Crippen LogP contribution in [0.3, 0.4) is 0 Å². The van der Waals surface area contributed by atoms with Crippen LogP contribution < -0.4 is 5.32 Å². The van der Waals surface area contributed by atoms with Crippen molar-refractivity contribution in [3.63, 3.8) is 0 Å². The van der Waals surface area contributed by atoms with Gasteiger partial charge in [0.05, 0.1) is 5.56 Å². The normalized spacial score (nSPS) is 23.1. The average Bonchev–Trinajstić information content (AvgIpc) is 2.75. The third kappa shape index (κ3) is 2.80. The quantitative estimate of drug-likeness (QED) is 0.843. The van der Waals surface area contributed by atoms with E-state index in [0.29, 0.717) is 6.54 Å². The second-order valence-electron chi connectivity index (χ2n) is 4.52. The highest BCUT2D eigenvalue weighted by molar-refractivity contribution is 6.21. The van der Waals surface area contributed by atoms with Crippen LogP contribution in [0.5, 0.6) is 0 Å². The fourth-order valence-corrected chi connectivity index (χ4v) is 2.59. The third-order valence-electron chi connectivity index (χ3n) is 3.29. The van der Waals surface area contributed by atoms with E-state index in [0.717, 1.165) is 25.3 Å². The first-order valence-electron chi connectivity index (χ1n) is 5.96. The van der Waals surface area contributed by atoms with Gasteiger partial charge in [-0.2, -0.15) is 0 Å². The molecule has 0 heterocycles. The van der Waals surface area contributed by atoms with E-state index in [1.807, 2.05) is 0 Å². The van der Waals surface area contributed by atoms with Crippen molar-refractivity contribution in [1.82, 2.24) is 5.32 Å². The zero-order chi connectivity index (χ0) is 13.1. The van der Waals surface area contributed by atoms with Gasteiger partial charge in [0.15, 0.2) is 11.6 Å². The Hall–Kier alpha value is -1.16. The van der Waals surface area contributed by atoms with Crippen molar-refractivity contribution in [1.29, 1.82) is 0 Å². The Labute approximate surface area is 109 Å². The Morgan fingerprint density at radius 2 is 2.17 bits per heavy atom. The largest absolute Gasteiger partial charge is 0.352 e. The number of amides is 1. The number of benzene rings is 1. The molecule has 1 amide bonds. The Balaban J connectivity index is 1.97. The molecule has 1 saturated carbocycles. The smallest absolute Gasteiger partial charge is 0.254 e. The van der Waals surface area contributed by atoms with Gasteiger partial charge in [-0.05, 0) is 30.9 Å². The molecule has 1 N–H and O–H groups in total. The molecule has 2 atom stereocenters. The van der Waals surface area contributed by atoms with Crippen LogP contribution in [-0.2, 0) is 0 Å². The number of hydrogen-bond acceptors (Lipinski definition) is 1. The highest BCUT2D eigenvalue weighted by Crippen LogP contribution is 2.29. The van der Waals surface area contributed by atoms with Crippen LogP contribution in [0, 0.1) is 17.6 Å². The molecule has 0 radical (unpaired) electrons. The first-order chi connectivity index (χ1) is 8.59. The third-order valence-corrected chi connectivity index (χ3v) is 3.86. The zero-order valence-corrected chi connectivity index (χ0v) is 10.5. The van der Waals surface area contributed by atoms with Crippen molar-refractivity contribution < 1.29 is 13.6 Å². The van der Waals surface area contributed by atoms with Gasteiger partial charge in [-0.25, -0.2) is 8.78 Å². The summed E-state index contributed by atoms with van der Waals surface area (Å²) in [4.78, 5) is 11.7. The van der Waals surface area contributed by atoms with Gasteiger partial charge in [-0.15, -0.1) is 11.6 Å². The van der Waals surface area contributed by atoms with E-state index in [1.54, 1.807) is 0 Å². The van der Waals surface area contributed by atoms with Gasteiger partial charge in [-0.3, -0.25) is 4.79 Å². The maximum Gasteiger partial charge on any atom is 0.254 e. The van der Waals surface area contributed by atoms with E-state index >= 15 is 0 Å². The van der Waals surface area contributed by atoms with E-state index in [9.17, 15) is 13.6 Å². The Morgan fingerprint density at radius 3 is 2.83 bits per heavy atom. The highest BCUT2D eigenvalue weighted by atomic mass is 35.5. The predicted molar refractivity (Wildman–Crippen MR) is 65.7 cm³/mol. The number of alkyl halides is 1. The predicted octanol–water partition coefficient (Wildman–Crippen LogP) is 3.10. The molecule has 0 bridgehead atoms. The minimum Gasteiger partial charge on any atom is -0.352 e. The van der Waals surface area contributed by atoms with E-state index < -0.39 is 17.5 Å². The summed E-state index contributed by atoms with van der Waals surface area (Å²) < 4.78 is 26.3. The number of nitrogens with one attached hydrogen (secondary N) is 1. The summed E-state index contributed by atoms with van der Waals surface area (Å²) in [7, 11) is 0. The summed E-state index contributed by atoms with van der Waals surface area (Å²) in [5.41, 5.74) is -0.265. The van der Waals surface area contributed by atoms with Crippen LogP contribution in [0.25, 0.3) is 0 Å². The molecule has 2 unspecified atom stereocenters. The highest BCUT2D eigenvalue weighted by Gasteiger charge is 2.26. The summed E-state index contributed by atoms with van der Waals surface area (Å²) in [6.45, 7) is 0.406. The Kier molecular flexibility index (Phi) is 4.17. The molecule has 0 saturated heterocycles. The Morgan fingerprint density at radius 1 is 1.39 bits per heavy atom. The maximum absolute atomic E-state index is 13.4. The molecular formula is C13H14ClF2NO. The van der Waals surface area contributed by atoms with Crippen LogP contribution in [0.1, 0.15) is 29.6 Å². The SMILES string of the molecule is O=C(NCC1CCCC1Cl)c1cccc(F)c1F. The summed E-state index contributed by atoms with van der Waals surface area (Å²) in [5.74, 6) is -2.50. The molecule has 2 rings (SSSR count). The van der Waals surface area contributed by atoms with Crippen LogP contribution in [-0.4, -0.2) is 17.8 Å². The molecule has 0 aromatic heterocycles. The van der Waals surface area contributed by atoms with Gasteiger partial charge in [0.1, 0.15) is 0 Å². The molecule has 0 aliphatic heterocycles. The van der Waals surface area contributed by atoms with Gasteiger partial charge in [0, 0.05) is 11.9 Å². The summed E-state index contributed by atoms with van der Waals surface area (Å²) in [5, 5.41) is 2.67. The summed E-state index contributed by atoms with van der Waals surface area (Å²) in [6.07, 6.45) is 2.94. The molecule has 5 heteroatoms. The van der Waals surface area contributed by atoms with Crippen LogP contribution in [0.4, 0.5) is 8.78 Å². The molecule has 1 aliphatic carbocycles. The van der Waals surface area contributed by atoms with Crippen molar-refractivity contribution in [2.45, 2.75) is 24.6 Å². The number of carbonyl (C=O) groups is 1. The fraction of sp³-hybridized carbons (Fsp3) is 0.462. The second-order valence-corrected chi connectivity index (χ2v) is 5.08. The van der Waals surface area contributed by atoms with Gasteiger partial charge in [-0.1, -0.05) is 12.5 Å². The monoisotopic (exact) mass is 273 g/mol. The topological polar surface area (TPSA) is 29.1 Å². The average molecular weight is 274 g/mol. The number of hydrogen-bond donors (Lipinski definition) is 1. The van der Waals surface area contributed by atoms with E-state index in [-0.39, 0.29) is 16.9 Å². The van der Waals surface area contributed by atoms with Crippen LogP contribution in [0.2, 0.25) is 0 Å². The van der Waals surface area contributed by atoms with E-state index in [1.165, 1.54) is 12.1 Å². The van der Waals surface area contributed by atoms with E-state index in [2.05, 4.69) is 5.32 Å². The number of carbonyl (C=O) groups excluding carboxylic acids is 1. The lowest BCUT2D eigenvalue weighted by molar-refractivity contribution is 0.0942. The van der Waals surface area contributed by atoms with Crippen molar-refractivity contribution in [2.24, 2.45) is 5.92 Å². The minimum atomic E-state index is -1.11. The molecule has 1 aromatic carbocycles. The van der Waals surface area contributed by atoms with Gasteiger partial charge >= 0.3 is 0 Å². The first-order valence-corrected chi connectivity index (χ1v) is 6.39. The van der Waals surface area contributed by atoms with Crippen molar-refractivity contribution >= 4 is 17.5 Å². The lowest BCUT2D eigenvalue weighted by Crippen LogP contribution is -2.31. The zero-order valence-electron chi connectivity index (χ0n) is 9.76. The second kappa shape index (κ2) is 5.65. The van der Waals surface area contributed by atoms with Crippen molar-refractivity contribution in [3.8, 4) is 0 Å². The number of rotatable bonds is 3.